The first-order valence-corrected chi connectivity index (χ1v) is 7.85. The van der Waals surface area contributed by atoms with Crippen LogP contribution in [0, 0.1) is 0 Å². The molecule has 5 heteroatoms. The van der Waals surface area contributed by atoms with E-state index in [1.807, 2.05) is 0 Å². The molecule has 1 amide bonds. The SMILES string of the molecule is NCCCCCCC(=O)NC1(C(=O)O)CCCCCC1. The third-order valence-electron chi connectivity index (χ3n) is 4.10. The van der Waals surface area contributed by atoms with Gasteiger partial charge in [-0.1, -0.05) is 38.5 Å². The average Bonchev–Trinajstić information content (AvgIpc) is 2.65. The number of aliphatic carboxylic acids is 1. The summed E-state index contributed by atoms with van der Waals surface area (Å²) in [7, 11) is 0. The minimum atomic E-state index is -1.02. The van der Waals surface area contributed by atoms with Crippen molar-refractivity contribution in [1.82, 2.24) is 5.32 Å². The molecule has 0 unspecified atom stereocenters. The fraction of sp³-hybridized carbons (Fsp3) is 0.867. The fourth-order valence-corrected chi connectivity index (χ4v) is 2.84. The number of rotatable bonds is 8. The quantitative estimate of drug-likeness (QED) is 0.470. The maximum absolute atomic E-state index is 12.0. The standard InChI is InChI=1S/C15H28N2O3/c16-12-8-4-1-5-9-13(18)17-15(14(19)20)10-6-2-3-7-11-15/h1-12,16H2,(H,17,18)(H,19,20). The molecule has 1 aliphatic carbocycles. The van der Waals surface area contributed by atoms with Gasteiger partial charge in [0, 0.05) is 6.42 Å². The third kappa shape index (κ3) is 5.49. The average molecular weight is 284 g/mol. The van der Waals surface area contributed by atoms with E-state index < -0.39 is 11.5 Å². The molecule has 1 rings (SSSR count). The predicted octanol–water partition coefficient (Wildman–Crippen LogP) is 2.19. The predicted molar refractivity (Wildman–Crippen MR) is 78.4 cm³/mol. The first-order chi connectivity index (χ1) is 9.60. The summed E-state index contributed by atoms with van der Waals surface area (Å²) in [5.41, 5.74) is 4.39. The maximum atomic E-state index is 12.0. The lowest BCUT2D eigenvalue weighted by atomic mass is 9.90. The number of amides is 1. The topological polar surface area (TPSA) is 92.4 Å². The Morgan fingerprint density at radius 2 is 1.60 bits per heavy atom. The molecular weight excluding hydrogens is 256 g/mol. The number of nitrogens with two attached hydrogens (primary N) is 1. The summed E-state index contributed by atoms with van der Waals surface area (Å²) < 4.78 is 0. The molecule has 1 aliphatic rings. The van der Waals surface area contributed by atoms with Gasteiger partial charge in [0.25, 0.3) is 0 Å². The monoisotopic (exact) mass is 284 g/mol. The first-order valence-electron chi connectivity index (χ1n) is 7.85. The van der Waals surface area contributed by atoms with E-state index in [1.54, 1.807) is 0 Å². The molecule has 1 fully saturated rings. The van der Waals surface area contributed by atoms with Crippen molar-refractivity contribution >= 4 is 11.9 Å². The number of unbranched alkanes of at least 4 members (excludes halogenated alkanes) is 3. The van der Waals surface area contributed by atoms with Gasteiger partial charge in [0.1, 0.15) is 5.54 Å². The highest BCUT2D eigenvalue weighted by atomic mass is 16.4. The van der Waals surface area contributed by atoms with Crippen LogP contribution >= 0.6 is 0 Å². The molecule has 0 radical (unpaired) electrons. The summed E-state index contributed by atoms with van der Waals surface area (Å²) in [6.45, 7) is 0.689. The Morgan fingerprint density at radius 1 is 1.00 bits per heavy atom. The summed E-state index contributed by atoms with van der Waals surface area (Å²) in [6.07, 6.45) is 9.21. The van der Waals surface area contributed by atoms with Crippen molar-refractivity contribution in [3.63, 3.8) is 0 Å². The van der Waals surface area contributed by atoms with E-state index in [2.05, 4.69) is 5.32 Å². The molecule has 0 bridgehead atoms. The van der Waals surface area contributed by atoms with E-state index in [-0.39, 0.29) is 5.91 Å². The third-order valence-corrected chi connectivity index (χ3v) is 4.10. The number of carbonyl (C=O) groups excluding carboxylic acids is 1. The van der Waals surface area contributed by atoms with Crippen LogP contribution in [0.3, 0.4) is 0 Å². The van der Waals surface area contributed by atoms with Gasteiger partial charge in [-0.2, -0.15) is 0 Å². The highest BCUT2D eigenvalue weighted by Gasteiger charge is 2.39. The Kier molecular flexibility index (Phi) is 7.59. The van der Waals surface area contributed by atoms with Gasteiger partial charge in [-0.05, 0) is 32.2 Å². The van der Waals surface area contributed by atoms with Gasteiger partial charge >= 0.3 is 5.97 Å². The van der Waals surface area contributed by atoms with Crippen LogP contribution in [0.25, 0.3) is 0 Å². The van der Waals surface area contributed by atoms with Crippen molar-refractivity contribution in [1.29, 1.82) is 0 Å². The van der Waals surface area contributed by atoms with Crippen molar-refractivity contribution in [3.05, 3.63) is 0 Å². The van der Waals surface area contributed by atoms with E-state index in [1.165, 1.54) is 0 Å². The zero-order valence-electron chi connectivity index (χ0n) is 12.3. The van der Waals surface area contributed by atoms with Gasteiger partial charge in [-0.25, -0.2) is 4.79 Å². The van der Waals surface area contributed by atoms with Gasteiger partial charge < -0.3 is 16.2 Å². The second kappa shape index (κ2) is 8.95. The van der Waals surface area contributed by atoms with Gasteiger partial charge in [-0.15, -0.1) is 0 Å². The van der Waals surface area contributed by atoms with Gasteiger partial charge in [0.2, 0.25) is 5.91 Å². The number of hydrogen-bond acceptors (Lipinski definition) is 3. The zero-order chi connectivity index (χ0) is 14.8. The Morgan fingerprint density at radius 3 is 2.15 bits per heavy atom. The summed E-state index contributed by atoms with van der Waals surface area (Å²) in [6, 6.07) is 0. The first kappa shape index (κ1) is 17.0. The minimum absolute atomic E-state index is 0.123. The van der Waals surface area contributed by atoms with Crippen molar-refractivity contribution in [2.75, 3.05) is 6.54 Å². The lowest BCUT2D eigenvalue weighted by Gasteiger charge is -2.29. The molecule has 4 N–H and O–H groups in total. The number of hydrogen-bond donors (Lipinski definition) is 3. The summed E-state index contributed by atoms with van der Waals surface area (Å²) in [5.74, 6) is -1.00. The fourth-order valence-electron chi connectivity index (χ4n) is 2.84. The molecule has 0 aromatic heterocycles. The molecule has 0 aromatic rings. The molecule has 0 saturated heterocycles. The Hall–Kier alpha value is -1.10. The van der Waals surface area contributed by atoms with Crippen molar-refractivity contribution in [3.8, 4) is 0 Å². The van der Waals surface area contributed by atoms with Gasteiger partial charge in [0.05, 0.1) is 0 Å². The molecule has 116 valence electrons. The van der Waals surface area contributed by atoms with E-state index >= 15 is 0 Å². The lowest BCUT2D eigenvalue weighted by Crippen LogP contribution is -2.54. The Bertz CT molecular complexity index is 310. The van der Waals surface area contributed by atoms with Crippen molar-refractivity contribution in [2.45, 2.75) is 76.2 Å². The van der Waals surface area contributed by atoms with Crippen LogP contribution in [0.5, 0.6) is 0 Å². The van der Waals surface area contributed by atoms with E-state index in [4.69, 9.17) is 5.73 Å². The van der Waals surface area contributed by atoms with Crippen LogP contribution in [0.15, 0.2) is 0 Å². The number of carboxylic acid groups (broad SMARTS) is 1. The largest absolute Gasteiger partial charge is 0.480 e. The van der Waals surface area contributed by atoms with Crippen LogP contribution in [0.4, 0.5) is 0 Å². The van der Waals surface area contributed by atoms with Crippen LogP contribution in [-0.4, -0.2) is 29.1 Å². The Labute approximate surface area is 121 Å². The molecule has 1 saturated carbocycles. The molecule has 0 spiro atoms. The van der Waals surface area contributed by atoms with Crippen LogP contribution in [-0.2, 0) is 9.59 Å². The van der Waals surface area contributed by atoms with E-state index in [0.29, 0.717) is 25.8 Å². The summed E-state index contributed by atoms with van der Waals surface area (Å²) >= 11 is 0. The molecule has 0 aliphatic heterocycles. The van der Waals surface area contributed by atoms with Crippen LogP contribution in [0.1, 0.15) is 70.6 Å². The normalized spacial score (nSPS) is 18.2. The van der Waals surface area contributed by atoms with E-state index in [9.17, 15) is 14.7 Å². The molecule has 0 aromatic carbocycles. The molecule has 5 nitrogen and oxygen atoms in total. The maximum Gasteiger partial charge on any atom is 0.329 e. The summed E-state index contributed by atoms with van der Waals surface area (Å²) in [5, 5.41) is 12.3. The summed E-state index contributed by atoms with van der Waals surface area (Å²) in [4.78, 5) is 23.5. The lowest BCUT2D eigenvalue weighted by molar-refractivity contribution is -0.148. The molecule has 0 atom stereocenters. The number of carboxylic acids is 1. The molecule has 0 heterocycles. The minimum Gasteiger partial charge on any atom is -0.480 e. The smallest absolute Gasteiger partial charge is 0.329 e. The van der Waals surface area contributed by atoms with Crippen molar-refractivity contribution < 1.29 is 14.7 Å². The van der Waals surface area contributed by atoms with E-state index in [0.717, 1.165) is 51.4 Å². The van der Waals surface area contributed by atoms with Gasteiger partial charge in [0.15, 0.2) is 0 Å². The zero-order valence-corrected chi connectivity index (χ0v) is 12.3. The number of nitrogens with one attached hydrogen (secondary N) is 1. The highest BCUT2D eigenvalue weighted by Crippen LogP contribution is 2.27. The Balaban J connectivity index is 2.40. The van der Waals surface area contributed by atoms with Gasteiger partial charge in [-0.3, -0.25) is 4.79 Å². The molecule has 20 heavy (non-hydrogen) atoms. The second-order valence-electron chi connectivity index (χ2n) is 5.80. The highest BCUT2D eigenvalue weighted by molar-refractivity contribution is 5.87. The molecular formula is C15H28N2O3. The van der Waals surface area contributed by atoms with Crippen LogP contribution < -0.4 is 11.1 Å². The second-order valence-corrected chi connectivity index (χ2v) is 5.80. The van der Waals surface area contributed by atoms with Crippen LogP contribution in [0.2, 0.25) is 0 Å². The van der Waals surface area contributed by atoms with Crippen molar-refractivity contribution in [2.24, 2.45) is 5.73 Å². The number of carbonyl (C=O) groups is 2.